The second-order valence-electron chi connectivity index (χ2n) is 8.61. The van der Waals surface area contributed by atoms with Gasteiger partial charge in [0.2, 0.25) is 5.91 Å². The number of nitrogens with one attached hydrogen (secondary N) is 1. The van der Waals surface area contributed by atoms with E-state index in [0.29, 0.717) is 0 Å². The molecule has 32 heavy (non-hydrogen) atoms. The molecule has 1 aromatic heterocycles. The number of amides is 1. The van der Waals surface area contributed by atoms with Crippen LogP contribution in [0.2, 0.25) is 0 Å². The minimum Gasteiger partial charge on any atom is -0.481 e. The lowest BCUT2D eigenvalue weighted by molar-refractivity contribution is -0.147. The molecule has 0 saturated carbocycles. The van der Waals surface area contributed by atoms with Crippen molar-refractivity contribution < 1.29 is 24.6 Å². The van der Waals surface area contributed by atoms with Gasteiger partial charge in [-0.25, -0.2) is 9.48 Å². The van der Waals surface area contributed by atoms with Crippen LogP contribution in [0.5, 0.6) is 0 Å². The van der Waals surface area contributed by atoms with Crippen LogP contribution in [0, 0.1) is 0 Å². The van der Waals surface area contributed by atoms with Gasteiger partial charge in [0, 0.05) is 11.8 Å². The van der Waals surface area contributed by atoms with E-state index in [4.69, 9.17) is 5.11 Å². The van der Waals surface area contributed by atoms with E-state index in [1.54, 1.807) is 6.92 Å². The zero-order valence-electron chi connectivity index (χ0n) is 18.7. The highest BCUT2D eigenvalue weighted by Gasteiger charge is 2.29. The van der Waals surface area contributed by atoms with E-state index in [1.807, 2.05) is 24.3 Å². The molecule has 0 aliphatic heterocycles. The van der Waals surface area contributed by atoms with E-state index in [-0.39, 0.29) is 23.9 Å². The highest BCUT2D eigenvalue weighted by Crippen LogP contribution is 2.26. The fourth-order valence-corrected chi connectivity index (χ4v) is 3.59. The summed E-state index contributed by atoms with van der Waals surface area (Å²) in [5, 5.41) is 24.5. The molecule has 1 unspecified atom stereocenters. The van der Waals surface area contributed by atoms with Crippen molar-refractivity contribution in [3.8, 4) is 0 Å². The van der Waals surface area contributed by atoms with E-state index >= 15 is 0 Å². The van der Waals surface area contributed by atoms with Gasteiger partial charge in [0.15, 0.2) is 0 Å². The second-order valence-corrected chi connectivity index (χ2v) is 8.61. The van der Waals surface area contributed by atoms with Gasteiger partial charge in [-0.3, -0.25) is 14.4 Å². The fraction of sp³-hybridized carbons (Fsp3) is 0.435. The Labute approximate surface area is 186 Å². The zero-order chi connectivity index (χ0) is 24.1. The average Bonchev–Trinajstić information content (AvgIpc) is 2.70. The summed E-state index contributed by atoms with van der Waals surface area (Å²) in [6.07, 6.45) is 0.892. The maximum atomic E-state index is 13.1. The fourth-order valence-electron chi connectivity index (χ4n) is 3.59. The Kier molecular flexibility index (Phi) is 7.91. The number of nitrogens with zero attached hydrogens (tertiary/aromatic N) is 2. The summed E-state index contributed by atoms with van der Waals surface area (Å²) in [5.74, 6) is -4.47. The van der Waals surface area contributed by atoms with E-state index in [1.165, 1.54) is 16.9 Å². The lowest BCUT2D eigenvalue weighted by Gasteiger charge is -2.23. The first-order valence-electron chi connectivity index (χ1n) is 10.3. The molecule has 3 N–H and O–H groups in total. The molecule has 0 bridgehead atoms. The van der Waals surface area contributed by atoms with E-state index in [0.717, 1.165) is 11.1 Å². The van der Waals surface area contributed by atoms with Gasteiger partial charge in [0.25, 0.3) is 5.56 Å². The van der Waals surface area contributed by atoms with Crippen molar-refractivity contribution >= 4 is 17.8 Å². The van der Waals surface area contributed by atoms with E-state index in [2.05, 4.69) is 31.2 Å². The Balaban J connectivity index is 2.36. The molecule has 1 amide bonds. The van der Waals surface area contributed by atoms with Crippen LogP contribution in [0.25, 0.3) is 0 Å². The third-order valence-electron chi connectivity index (χ3n) is 5.18. The third kappa shape index (κ3) is 6.03. The monoisotopic (exact) mass is 443 g/mol. The molecular formula is C23H29N3O6. The number of benzene rings is 1. The summed E-state index contributed by atoms with van der Waals surface area (Å²) in [4.78, 5) is 48.1. The number of carbonyl (C=O) groups is 3. The summed E-state index contributed by atoms with van der Waals surface area (Å²) in [6.45, 7) is 8.13. The third-order valence-corrected chi connectivity index (χ3v) is 5.18. The predicted octanol–water partition coefficient (Wildman–Crippen LogP) is 2.13. The van der Waals surface area contributed by atoms with Gasteiger partial charge >= 0.3 is 11.9 Å². The van der Waals surface area contributed by atoms with Crippen LogP contribution in [0.3, 0.4) is 0 Å². The van der Waals surface area contributed by atoms with Gasteiger partial charge in [0.05, 0.1) is 18.9 Å². The summed E-state index contributed by atoms with van der Waals surface area (Å²) in [5.41, 5.74) is 1.58. The van der Waals surface area contributed by atoms with E-state index < -0.39 is 41.8 Å². The Morgan fingerprint density at radius 3 is 2.34 bits per heavy atom. The van der Waals surface area contributed by atoms with Crippen molar-refractivity contribution in [3.63, 3.8) is 0 Å². The molecule has 0 aliphatic rings. The highest BCUT2D eigenvalue weighted by molar-refractivity contribution is 5.89. The Bertz CT molecular complexity index is 1050. The lowest BCUT2D eigenvalue weighted by Crippen LogP contribution is -2.45. The Hall–Kier alpha value is -3.49. The number of rotatable bonds is 9. The number of carboxylic acid groups (broad SMARTS) is 2. The SMILES string of the molecule is CCC(C(=O)N[C@@H](CC(=O)O)C(=O)O)c1ccnn(Cc2ccccc2C(C)(C)C)c1=O. The summed E-state index contributed by atoms with van der Waals surface area (Å²) < 4.78 is 1.28. The van der Waals surface area contributed by atoms with Crippen LogP contribution >= 0.6 is 0 Å². The Morgan fingerprint density at radius 1 is 1.12 bits per heavy atom. The van der Waals surface area contributed by atoms with Gasteiger partial charge in [-0.1, -0.05) is 52.0 Å². The molecule has 2 atom stereocenters. The van der Waals surface area contributed by atoms with Crippen molar-refractivity contribution in [2.24, 2.45) is 0 Å². The van der Waals surface area contributed by atoms with Crippen molar-refractivity contribution in [2.45, 2.75) is 64.5 Å². The quantitative estimate of drug-likeness (QED) is 0.539. The summed E-state index contributed by atoms with van der Waals surface area (Å²) >= 11 is 0. The maximum Gasteiger partial charge on any atom is 0.326 e. The van der Waals surface area contributed by atoms with Crippen LogP contribution in [0.15, 0.2) is 41.3 Å². The van der Waals surface area contributed by atoms with Gasteiger partial charge in [0.1, 0.15) is 6.04 Å². The minimum atomic E-state index is -1.59. The molecule has 0 radical (unpaired) electrons. The highest BCUT2D eigenvalue weighted by atomic mass is 16.4. The van der Waals surface area contributed by atoms with Crippen molar-refractivity contribution in [1.29, 1.82) is 0 Å². The van der Waals surface area contributed by atoms with Gasteiger partial charge in [-0.2, -0.15) is 5.10 Å². The molecule has 0 saturated heterocycles. The van der Waals surface area contributed by atoms with E-state index in [9.17, 15) is 24.3 Å². The maximum absolute atomic E-state index is 13.1. The van der Waals surface area contributed by atoms with Gasteiger partial charge in [-0.15, -0.1) is 0 Å². The molecule has 9 nitrogen and oxygen atoms in total. The van der Waals surface area contributed by atoms with Gasteiger partial charge < -0.3 is 15.5 Å². The molecule has 0 fully saturated rings. The normalized spacial score (nSPS) is 13.2. The van der Waals surface area contributed by atoms with Gasteiger partial charge in [-0.05, 0) is 29.0 Å². The molecule has 9 heteroatoms. The molecule has 0 spiro atoms. The molecule has 172 valence electrons. The average molecular weight is 444 g/mol. The molecule has 2 rings (SSSR count). The first kappa shape index (κ1) is 24.8. The first-order chi connectivity index (χ1) is 15.0. The second kappa shape index (κ2) is 10.2. The molecular weight excluding hydrogens is 414 g/mol. The number of carboxylic acids is 2. The first-order valence-corrected chi connectivity index (χ1v) is 10.3. The Morgan fingerprint density at radius 2 is 1.78 bits per heavy atom. The topological polar surface area (TPSA) is 139 Å². The van der Waals surface area contributed by atoms with Crippen molar-refractivity contribution in [2.75, 3.05) is 0 Å². The van der Waals surface area contributed by atoms with Crippen LogP contribution in [0.1, 0.15) is 63.1 Å². The molecule has 2 aromatic rings. The number of carbonyl (C=O) groups excluding carboxylic acids is 1. The minimum absolute atomic E-state index is 0.139. The van der Waals surface area contributed by atoms with Crippen LogP contribution < -0.4 is 10.9 Å². The predicted molar refractivity (Wildman–Crippen MR) is 118 cm³/mol. The molecule has 1 heterocycles. The molecule has 1 aromatic carbocycles. The van der Waals surface area contributed by atoms with Crippen LogP contribution in [0.4, 0.5) is 0 Å². The number of hydrogen-bond acceptors (Lipinski definition) is 5. The number of aliphatic carboxylic acids is 2. The molecule has 0 aliphatic carbocycles. The standard InChI is InChI=1S/C23H29N3O6/c1-5-15(20(29)25-18(22(31)32)12-19(27)28)16-10-11-24-26(21(16)30)13-14-8-6-7-9-17(14)23(2,3)4/h6-11,15,18H,5,12-13H2,1-4H3,(H,25,29)(H,27,28)(H,31,32)/t15?,18-/m0/s1. The summed E-state index contributed by atoms with van der Waals surface area (Å²) in [6, 6.07) is 7.60. The lowest BCUT2D eigenvalue weighted by atomic mass is 9.84. The van der Waals surface area contributed by atoms with Crippen LogP contribution in [-0.2, 0) is 26.3 Å². The zero-order valence-corrected chi connectivity index (χ0v) is 18.7. The number of hydrogen-bond donors (Lipinski definition) is 3. The van der Waals surface area contributed by atoms with Crippen LogP contribution in [-0.4, -0.2) is 43.9 Å². The largest absolute Gasteiger partial charge is 0.481 e. The van der Waals surface area contributed by atoms with Crippen molar-refractivity contribution in [1.82, 2.24) is 15.1 Å². The summed E-state index contributed by atoms with van der Waals surface area (Å²) in [7, 11) is 0. The van der Waals surface area contributed by atoms with Crippen molar-refractivity contribution in [3.05, 3.63) is 63.6 Å². The smallest absolute Gasteiger partial charge is 0.326 e. The number of aromatic nitrogens is 2.